The molecule has 0 fully saturated rings. The number of carbonyl (C=O) groups excluding carboxylic acids is 1. The first-order valence-corrected chi connectivity index (χ1v) is 7.08. The van der Waals surface area contributed by atoms with Crippen LogP contribution in [0.3, 0.4) is 0 Å². The molecule has 4 nitrogen and oxygen atoms in total. The Morgan fingerprint density at radius 2 is 1.94 bits per heavy atom. The Labute approximate surface area is 124 Å². The molecule has 1 aromatic carbocycles. The number of nitrogens with one attached hydrogen (secondary N) is 1. The second kappa shape index (κ2) is 7.11. The first kappa shape index (κ1) is 15.5. The van der Waals surface area contributed by atoms with E-state index in [0.717, 1.165) is 5.56 Å². The summed E-state index contributed by atoms with van der Waals surface area (Å²) in [6.45, 7) is 1.41. The van der Waals surface area contributed by atoms with Crippen molar-refractivity contribution < 1.29 is 9.90 Å². The number of nitrogens with zero attached hydrogens (tertiary/aromatic N) is 1. The summed E-state index contributed by atoms with van der Waals surface area (Å²) >= 11 is 6.60. The molecule has 0 aliphatic rings. The van der Waals surface area contributed by atoms with Crippen molar-refractivity contribution in [1.82, 2.24) is 10.2 Å². The molecule has 0 spiro atoms. The smallest absolute Gasteiger partial charge is 0.221 e. The molecule has 0 saturated carbocycles. The van der Waals surface area contributed by atoms with Gasteiger partial charge in [-0.3, -0.25) is 4.79 Å². The molecule has 0 atom stereocenters. The van der Waals surface area contributed by atoms with Crippen LogP contribution in [-0.2, 0) is 11.3 Å². The van der Waals surface area contributed by atoms with Gasteiger partial charge in [-0.25, -0.2) is 0 Å². The third kappa shape index (κ3) is 4.59. The lowest BCUT2D eigenvalue weighted by atomic mass is 10.2. The maximum Gasteiger partial charge on any atom is 0.221 e. The lowest BCUT2D eigenvalue weighted by Crippen LogP contribution is -2.26. The summed E-state index contributed by atoms with van der Waals surface area (Å²) in [5.41, 5.74) is 1.06. The minimum Gasteiger partial charge on any atom is -0.506 e. The van der Waals surface area contributed by atoms with E-state index in [0.29, 0.717) is 28.5 Å². The van der Waals surface area contributed by atoms with Crippen LogP contribution in [0, 0.1) is 0 Å². The third-order valence-electron chi connectivity index (χ3n) is 2.53. The maximum absolute atomic E-state index is 11.1. The van der Waals surface area contributed by atoms with E-state index in [1.807, 2.05) is 19.2 Å². The second-order valence-electron chi connectivity index (χ2n) is 4.07. The van der Waals surface area contributed by atoms with Gasteiger partial charge < -0.3 is 15.3 Å². The number of hydrogen-bond acceptors (Lipinski definition) is 3. The number of amides is 1. The van der Waals surface area contributed by atoms with Crippen LogP contribution in [0.1, 0.15) is 12.0 Å². The quantitative estimate of drug-likeness (QED) is 0.826. The second-order valence-corrected chi connectivity index (χ2v) is 5.78. The normalized spacial score (nSPS) is 10.7. The monoisotopic (exact) mass is 378 g/mol. The average molecular weight is 380 g/mol. The van der Waals surface area contributed by atoms with Gasteiger partial charge in [0.25, 0.3) is 0 Å². The van der Waals surface area contributed by atoms with Gasteiger partial charge >= 0.3 is 0 Å². The summed E-state index contributed by atoms with van der Waals surface area (Å²) < 4.78 is 1.32. The zero-order chi connectivity index (χ0) is 13.7. The fraction of sp³-hybridized carbons (Fsp3) is 0.417. The van der Waals surface area contributed by atoms with E-state index in [9.17, 15) is 9.90 Å². The van der Waals surface area contributed by atoms with E-state index in [4.69, 9.17) is 0 Å². The zero-order valence-electron chi connectivity index (χ0n) is 10.3. The highest BCUT2D eigenvalue weighted by Gasteiger charge is 2.08. The minimum absolute atomic E-state index is 0.0370. The van der Waals surface area contributed by atoms with Crippen LogP contribution in [-0.4, -0.2) is 36.6 Å². The van der Waals surface area contributed by atoms with Gasteiger partial charge in [0.2, 0.25) is 5.91 Å². The van der Waals surface area contributed by atoms with Crippen LogP contribution in [0.2, 0.25) is 0 Å². The molecule has 1 rings (SSSR count). The van der Waals surface area contributed by atoms with E-state index in [-0.39, 0.29) is 11.7 Å². The van der Waals surface area contributed by atoms with Crippen molar-refractivity contribution in [2.75, 3.05) is 20.6 Å². The zero-order valence-corrected chi connectivity index (χ0v) is 13.5. The van der Waals surface area contributed by atoms with Crippen molar-refractivity contribution in [3.8, 4) is 5.75 Å². The Morgan fingerprint density at radius 3 is 2.44 bits per heavy atom. The lowest BCUT2D eigenvalue weighted by molar-refractivity contribution is -0.120. The van der Waals surface area contributed by atoms with E-state index >= 15 is 0 Å². The van der Waals surface area contributed by atoms with Crippen molar-refractivity contribution in [1.29, 1.82) is 0 Å². The van der Waals surface area contributed by atoms with Crippen LogP contribution in [0.4, 0.5) is 0 Å². The van der Waals surface area contributed by atoms with Crippen LogP contribution < -0.4 is 5.32 Å². The molecule has 0 radical (unpaired) electrons. The van der Waals surface area contributed by atoms with Gasteiger partial charge in [-0.15, -0.1) is 0 Å². The van der Waals surface area contributed by atoms with E-state index < -0.39 is 0 Å². The van der Waals surface area contributed by atoms with E-state index in [1.54, 1.807) is 7.05 Å². The first-order valence-electron chi connectivity index (χ1n) is 5.50. The van der Waals surface area contributed by atoms with Gasteiger partial charge in [0, 0.05) is 26.6 Å². The highest BCUT2D eigenvalue weighted by atomic mass is 79.9. The van der Waals surface area contributed by atoms with E-state index in [2.05, 4.69) is 42.1 Å². The largest absolute Gasteiger partial charge is 0.506 e. The topological polar surface area (TPSA) is 52.6 Å². The fourth-order valence-corrected chi connectivity index (χ4v) is 2.80. The molecular formula is C12H16Br2N2O2. The molecule has 0 bridgehead atoms. The summed E-state index contributed by atoms with van der Waals surface area (Å²) in [5.74, 6) is 0.238. The molecular weight excluding hydrogens is 364 g/mol. The summed E-state index contributed by atoms with van der Waals surface area (Å²) in [5, 5.41) is 12.2. The number of phenolic OH excluding ortho intramolecular Hbond substituents is 1. The maximum atomic E-state index is 11.1. The fourth-order valence-electron chi connectivity index (χ4n) is 1.52. The van der Waals surface area contributed by atoms with Gasteiger partial charge in [-0.05, 0) is 56.6 Å². The number of halogens is 2. The van der Waals surface area contributed by atoms with Gasteiger partial charge in [-0.2, -0.15) is 0 Å². The lowest BCUT2D eigenvalue weighted by Gasteiger charge is -2.17. The first-order chi connectivity index (χ1) is 8.43. The minimum atomic E-state index is 0.0370. The number of phenols is 1. The van der Waals surface area contributed by atoms with Crippen LogP contribution in [0.25, 0.3) is 0 Å². The number of rotatable bonds is 5. The molecule has 0 heterocycles. The van der Waals surface area contributed by atoms with Gasteiger partial charge in [0.05, 0.1) is 8.95 Å². The predicted octanol–water partition coefficient (Wildman–Crippen LogP) is 2.49. The Morgan fingerprint density at radius 1 is 1.39 bits per heavy atom. The van der Waals surface area contributed by atoms with E-state index in [1.165, 1.54) is 0 Å². The van der Waals surface area contributed by atoms with Crippen molar-refractivity contribution in [3.05, 3.63) is 26.6 Å². The molecule has 1 amide bonds. The number of carbonyl (C=O) groups is 1. The molecule has 100 valence electrons. The Balaban J connectivity index is 2.59. The number of benzene rings is 1. The molecule has 0 unspecified atom stereocenters. The summed E-state index contributed by atoms with van der Waals surface area (Å²) in [7, 11) is 3.59. The van der Waals surface area contributed by atoms with Crippen LogP contribution in [0.5, 0.6) is 5.75 Å². The molecule has 1 aromatic rings. The summed E-state index contributed by atoms with van der Waals surface area (Å²) in [6, 6.07) is 3.74. The van der Waals surface area contributed by atoms with Crippen LogP contribution >= 0.6 is 31.9 Å². The molecule has 18 heavy (non-hydrogen) atoms. The van der Waals surface area contributed by atoms with Gasteiger partial charge in [0.1, 0.15) is 5.75 Å². The van der Waals surface area contributed by atoms with Crippen molar-refractivity contribution in [2.45, 2.75) is 13.0 Å². The van der Waals surface area contributed by atoms with Gasteiger partial charge in [0.15, 0.2) is 0 Å². The predicted molar refractivity (Wildman–Crippen MR) is 78.5 cm³/mol. The molecule has 0 aliphatic carbocycles. The van der Waals surface area contributed by atoms with Gasteiger partial charge in [-0.1, -0.05) is 0 Å². The van der Waals surface area contributed by atoms with Crippen molar-refractivity contribution in [3.63, 3.8) is 0 Å². The molecule has 2 N–H and O–H groups in total. The standard InChI is InChI=1S/C12H16Br2N2O2/c1-15-11(17)3-4-16(2)7-8-5-9(13)12(18)10(14)6-8/h5-6,18H,3-4,7H2,1-2H3,(H,15,17). The average Bonchev–Trinajstić information content (AvgIpc) is 2.32. The third-order valence-corrected chi connectivity index (χ3v) is 3.74. The highest BCUT2D eigenvalue weighted by Crippen LogP contribution is 2.33. The highest BCUT2D eigenvalue weighted by molar-refractivity contribution is 9.11. The Kier molecular flexibility index (Phi) is 6.11. The van der Waals surface area contributed by atoms with Crippen molar-refractivity contribution in [2.24, 2.45) is 0 Å². The molecule has 0 saturated heterocycles. The summed E-state index contributed by atoms with van der Waals surface area (Å²) in [4.78, 5) is 13.2. The van der Waals surface area contributed by atoms with Crippen LogP contribution in [0.15, 0.2) is 21.1 Å². The number of aromatic hydroxyl groups is 1. The SMILES string of the molecule is CNC(=O)CCN(C)Cc1cc(Br)c(O)c(Br)c1. The van der Waals surface area contributed by atoms with Crippen molar-refractivity contribution >= 4 is 37.8 Å². The molecule has 6 heteroatoms. The Bertz CT molecular complexity index is 415. The number of hydrogen-bond donors (Lipinski definition) is 2. The molecule has 0 aromatic heterocycles. The Hall–Kier alpha value is -0.590. The molecule has 0 aliphatic heterocycles. The summed E-state index contributed by atoms with van der Waals surface area (Å²) in [6.07, 6.45) is 0.480.